The summed E-state index contributed by atoms with van der Waals surface area (Å²) in [4.78, 5) is 4.68. The van der Waals surface area contributed by atoms with Crippen LogP contribution in [-0.4, -0.2) is 29.8 Å². The Morgan fingerprint density at radius 1 is 1.29 bits per heavy atom. The van der Waals surface area contributed by atoms with Gasteiger partial charge in [-0.25, -0.2) is 0 Å². The van der Waals surface area contributed by atoms with E-state index in [-0.39, 0.29) is 6.10 Å². The fraction of sp³-hybridized carbons (Fsp3) is 0.875. The Labute approximate surface area is 126 Å². The van der Waals surface area contributed by atoms with Gasteiger partial charge in [0.1, 0.15) is 6.10 Å². The fourth-order valence-electron chi connectivity index (χ4n) is 3.42. The SMILES string of the molecule is CCCNC1CCCCC1c1nc(C(OC)C2CC2)no1. The minimum Gasteiger partial charge on any atom is -0.373 e. The molecule has 5 heteroatoms. The van der Waals surface area contributed by atoms with Crippen molar-refractivity contribution in [3.05, 3.63) is 11.7 Å². The van der Waals surface area contributed by atoms with Crippen molar-refractivity contribution in [2.75, 3.05) is 13.7 Å². The Bertz CT molecular complexity index is 444. The van der Waals surface area contributed by atoms with E-state index < -0.39 is 0 Å². The van der Waals surface area contributed by atoms with Gasteiger partial charge in [0.25, 0.3) is 0 Å². The maximum absolute atomic E-state index is 5.59. The number of rotatable bonds is 7. The van der Waals surface area contributed by atoms with E-state index in [2.05, 4.69) is 22.4 Å². The van der Waals surface area contributed by atoms with Gasteiger partial charge in [-0.2, -0.15) is 4.98 Å². The predicted molar refractivity (Wildman–Crippen MR) is 80.1 cm³/mol. The fourth-order valence-corrected chi connectivity index (χ4v) is 3.42. The molecule has 0 radical (unpaired) electrons. The van der Waals surface area contributed by atoms with Crippen LogP contribution in [0.2, 0.25) is 0 Å². The Morgan fingerprint density at radius 2 is 2.10 bits per heavy atom. The first kappa shape index (κ1) is 15.0. The molecule has 2 aliphatic carbocycles. The molecule has 1 N–H and O–H groups in total. The van der Waals surface area contributed by atoms with Crippen LogP contribution in [0.3, 0.4) is 0 Å². The third-order valence-electron chi connectivity index (χ3n) is 4.76. The number of nitrogens with zero attached hydrogens (tertiary/aromatic N) is 2. The Hall–Kier alpha value is -0.940. The van der Waals surface area contributed by atoms with Crippen LogP contribution >= 0.6 is 0 Å². The van der Waals surface area contributed by atoms with Gasteiger partial charge in [0.15, 0.2) is 0 Å². The highest BCUT2D eigenvalue weighted by Crippen LogP contribution is 2.42. The van der Waals surface area contributed by atoms with Crippen molar-refractivity contribution in [1.29, 1.82) is 0 Å². The van der Waals surface area contributed by atoms with Gasteiger partial charge in [-0.1, -0.05) is 24.9 Å². The smallest absolute Gasteiger partial charge is 0.231 e. The van der Waals surface area contributed by atoms with E-state index in [1.54, 1.807) is 7.11 Å². The lowest BCUT2D eigenvalue weighted by atomic mass is 9.84. The average Bonchev–Trinajstić information content (AvgIpc) is 3.23. The average molecular weight is 293 g/mol. The molecule has 0 bridgehead atoms. The number of hydrogen-bond donors (Lipinski definition) is 1. The zero-order chi connectivity index (χ0) is 14.7. The summed E-state index contributed by atoms with van der Waals surface area (Å²) >= 11 is 0. The zero-order valence-electron chi connectivity index (χ0n) is 13.2. The second-order valence-electron chi connectivity index (χ2n) is 6.44. The molecule has 3 atom stereocenters. The molecule has 1 heterocycles. The van der Waals surface area contributed by atoms with E-state index in [1.165, 1.54) is 32.1 Å². The van der Waals surface area contributed by atoms with Crippen LogP contribution in [0.1, 0.15) is 75.6 Å². The summed E-state index contributed by atoms with van der Waals surface area (Å²) in [5.41, 5.74) is 0. The van der Waals surface area contributed by atoms with Crippen LogP contribution < -0.4 is 5.32 Å². The highest BCUT2D eigenvalue weighted by Gasteiger charge is 2.37. The Morgan fingerprint density at radius 3 is 2.81 bits per heavy atom. The molecule has 0 amide bonds. The first-order chi connectivity index (χ1) is 10.3. The van der Waals surface area contributed by atoms with Crippen molar-refractivity contribution in [3.63, 3.8) is 0 Å². The summed E-state index contributed by atoms with van der Waals surface area (Å²) < 4.78 is 11.1. The quantitative estimate of drug-likeness (QED) is 0.836. The summed E-state index contributed by atoms with van der Waals surface area (Å²) in [6.07, 6.45) is 8.51. The van der Waals surface area contributed by atoms with Gasteiger partial charge >= 0.3 is 0 Å². The lowest BCUT2D eigenvalue weighted by Gasteiger charge is -2.29. The first-order valence-electron chi connectivity index (χ1n) is 8.43. The molecule has 1 aromatic rings. The van der Waals surface area contributed by atoms with Gasteiger partial charge in [0.2, 0.25) is 11.7 Å². The van der Waals surface area contributed by atoms with Gasteiger partial charge in [0, 0.05) is 13.2 Å². The normalized spacial score (nSPS) is 27.7. The molecule has 21 heavy (non-hydrogen) atoms. The summed E-state index contributed by atoms with van der Waals surface area (Å²) in [6.45, 7) is 3.26. The third-order valence-corrected chi connectivity index (χ3v) is 4.76. The molecule has 5 nitrogen and oxygen atoms in total. The van der Waals surface area contributed by atoms with E-state index in [0.717, 1.165) is 31.1 Å². The molecule has 3 unspecified atom stereocenters. The molecule has 0 aliphatic heterocycles. The van der Waals surface area contributed by atoms with Crippen LogP contribution in [0.25, 0.3) is 0 Å². The molecule has 2 fully saturated rings. The molecule has 2 aliphatic rings. The molecule has 0 saturated heterocycles. The van der Waals surface area contributed by atoms with Gasteiger partial charge in [-0.05, 0) is 44.6 Å². The first-order valence-corrected chi connectivity index (χ1v) is 8.43. The number of hydrogen-bond acceptors (Lipinski definition) is 5. The monoisotopic (exact) mass is 293 g/mol. The van der Waals surface area contributed by atoms with Crippen LogP contribution in [0, 0.1) is 5.92 Å². The van der Waals surface area contributed by atoms with Crippen molar-refractivity contribution in [2.45, 2.75) is 69.9 Å². The minimum absolute atomic E-state index is 0.0214. The minimum atomic E-state index is 0.0214. The van der Waals surface area contributed by atoms with Crippen molar-refractivity contribution in [1.82, 2.24) is 15.5 Å². The van der Waals surface area contributed by atoms with E-state index in [9.17, 15) is 0 Å². The lowest BCUT2D eigenvalue weighted by Crippen LogP contribution is -2.37. The highest BCUT2D eigenvalue weighted by atomic mass is 16.5. The van der Waals surface area contributed by atoms with E-state index in [1.807, 2.05) is 0 Å². The molecule has 118 valence electrons. The lowest BCUT2D eigenvalue weighted by molar-refractivity contribution is 0.0751. The maximum atomic E-state index is 5.59. The number of ether oxygens (including phenoxy) is 1. The number of methoxy groups -OCH3 is 1. The van der Waals surface area contributed by atoms with Crippen LogP contribution in [0.5, 0.6) is 0 Å². The van der Waals surface area contributed by atoms with Crippen molar-refractivity contribution >= 4 is 0 Å². The predicted octanol–water partition coefficient (Wildman–Crippen LogP) is 3.19. The third kappa shape index (κ3) is 3.46. The standard InChI is InChI=1S/C16H27N3O2/c1-3-10-17-13-7-5-4-6-12(13)16-18-15(19-21-16)14(20-2)11-8-9-11/h11-14,17H,3-10H2,1-2H3. The van der Waals surface area contributed by atoms with E-state index >= 15 is 0 Å². The summed E-state index contributed by atoms with van der Waals surface area (Å²) in [7, 11) is 1.74. The van der Waals surface area contributed by atoms with Crippen molar-refractivity contribution < 1.29 is 9.26 Å². The maximum Gasteiger partial charge on any atom is 0.231 e. The Balaban J connectivity index is 1.70. The molecule has 2 saturated carbocycles. The van der Waals surface area contributed by atoms with Gasteiger partial charge in [-0.15, -0.1) is 0 Å². The van der Waals surface area contributed by atoms with E-state index in [4.69, 9.17) is 9.26 Å². The Kier molecular flexibility index (Phi) is 4.91. The molecular formula is C16H27N3O2. The number of nitrogens with one attached hydrogen (secondary N) is 1. The topological polar surface area (TPSA) is 60.2 Å². The van der Waals surface area contributed by atoms with Gasteiger partial charge in [0.05, 0.1) is 5.92 Å². The number of aromatic nitrogens is 2. The van der Waals surface area contributed by atoms with Crippen LogP contribution in [0.4, 0.5) is 0 Å². The molecule has 0 aromatic carbocycles. The van der Waals surface area contributed by atoms with Gasteiger partial charge in [-0.3, -0.25) is 0 Å². The van der Waals surface area contributed by atoms with Crippen LogP contribution in [-0.2, 0) is 4.74 Å². The summed E-state index contributed by atoms with van der Waals surface area (Å²) in [5.74, 6) is 2.50. The second kappa shape index (κ2) is 6.88. The summed E-state index contributed by atoms with van der Waals surface area (Å²) in [5, 5.41) is 7.85. The highest BCUT2D eigenvalue weighted by molar-refractivity contribution is 5.04. The molecule has 0 spiro atoms. The van der Waals surface area contributed by atoms with Crippen molar-refractivity contribution in [3.8, 4) is 0 Å². The van der Waals surface area contributed by atoms with Crippen LogP contribution in [0.15, 0.2) is 4.52 Å². The summed E-state index contributed by atoms with van der Waals surface area (Å²) in [6, 6.07) is 0.480. The molecule has 1 aromatic heterocycles. The van der Waals surface area contributed by atoms with Crippen molar-refractivity contribution in [2.24, 2.45) is 5.92 Å². The second-order valence-corrected chi connectivity index (χ2v) is 6.44. The molecular weight excluding hydrogens is 266 g/mol. The molecule has 3 rings (SSSR count). The van der Waals surface area contributed by atoms with E-state index in [0.29, 0.717) is 17.9 Å². The largest absolute Gasteiger partial charge is 0.373 e. The van der Waals surface area contributed by atoms with Gasteiger partial charge < -0.3 is 14.6 Å². The zero-order valence-corrected chi connectivity index (χ0v) is 13.2.